The number of ether oxygens (including phenoxy) is 2. The second-order valence-electron chi connectivity index (χ2n) is 6.82. The van der Waals surface area contributed by atoms with Crippen LogP contribution in [0.5, 0.6) is 5.88 Å². The van der Waals surface area contributed by atoms with Gasteiger partial charge in [0, 0.05) is 25.4 Å². The van der Waals surface area contributed by atoms with Crippen molar-refractivity contribution < 1.29 is 9.47 Å². The van der Waals surface area contributed by atoms with Gasteiger partial charge in [0.05, 0.1) is 38.3 Å². The summed E-state index contributed by atoms with van der Waals surface area (Å²) < 4.78 is 13.5. The van der Waals surface area contributed by atoms with Crippen LogP contribution in [0.4, 0.5) is 5.82 Å². The number of hydrogen-bond donors (Lipinski definition) is 0. The largest absolute Gasteiger partial charge is 0.476 e. The Kier molecular flexibility index (Phi) is 4.71. The maximum absolute atomic E-state index is 6.05. The van der Waals surface area contributed by atoms with Gasteiger partial charge >= 0.3 is 0 Å². The first-order chi connectivity index (χ1) is 11.5. The quantitative estimate of drug-likeness (QED) is 0.835. The van der Waals surface area contributed by atoms with Crippen LogP contribution in [-0.4, -0.2) is 46.1 Å². The Bertz CT molecular complexity index is 687. The van der Waals surface area contributed by atoms with Gasteiger partial charge in [-0.15, -0.1) is 0 Å². The van der Waals surface area contributed by atoms with Gasteiger partial charge in [0.1, 0.15) is 5.60 Å². The number of nitrogens with zero attached hydrogens (tertiary/aromatic N) is 5. The van der Waals surface area contributed by atoms with Crippen LogP contribution in [0.15, 0.2) is 24.8 Å². The molecule has 0 saturated carbocycles. The van der Waals surface area contributed by atoms with Crippen LogP contribution >= 0.6 is 0 Å². The number of aromatic nitrogens is 4. The van der Waals surface area contributed by atoms with Crippen molar-refractivity contribution in [2.45, 2.75) is 26.4 Å². The predicted molar refractivity (Wildman–Crippen MR) is 91.1 cm³/mol. The summed E-state index contributed by atoms with van der Waals surface area (Å²) in [5.74, 6) is 1.83. The van der Waals surface area contributed by atoms with Crippen LogP contribution in [0.1, 0.15) is 26.3 Å². The topological polar surface area (TPSA) is 65.3 Å². The molecule has 7 nitrogen and oxygen atoms in total. The smallest absolute Gasteiger partial charge is 0.234 e. The van der Waals surface area contributed by atoms with E-state index in [0.717, 1.165) is 17.9 Å². The monoisotopic (exact) mass is 331 g/mol. The highest BCUT2D eigenvalue weighted by molar-refractivity contribution is 5.40. The molecule has 1 atom stereocenters. The Morgan fingerprint density at radius 3 is 2.88 bits per heavy atom. The van der Waals surface area contributed by atoms with E-state index in [1.165, 1.54) is 0 Å². The van der Waals surface area contributed by atoms with E-state index in [0.29, 0.717) is 31.6 Å². The number of morpholine rings is 1. The molecule has 2 aromatic heterocycles. The van der Waals surface area contributed by atoms with Crippen molar-refractivity contribution in [1.82, 2.24) is 19.7 Å². The molecule has 1 fully saturated rings. The molecule has 0 amide bonds. The van der Waals surface area contributed by atoms with Gasteiger partial charge in [0.2, 0.25) is 5.88 Å². The minimum atomic E-state index is -0.414. The highest BCUT2D eigenvalue weighted by Gasteiger charge is 2.35. The molecular weight excluding hydrogens is 306 g/mol. The third-order valence-corrected chi connectivity index (χ3v) is 4.08. The zero-order valence-corrected chi connectivity index (χ0v) is 14.8. The van der Waals surface area contributed by atoms with E-state index in [1.807, 2.05) is 19.4 Å². The summed E-state index contributed by atoms with van der Waals surface area (Å²) in [4.78, 5) is 11.1. The molecule has 0 bridgehead atoms. The van der Waals surface area contributed by atoms with Gasteiger partial charge in [0.25, 0.3) is 0 Å². The molecule has 3 heterocycles. The van der Waals surface area contributed by atoms with E-state index in [9.17, 15) is 0 Å². The lowest BCUT2D eigenvalue weighted by atomic mass is 9.97. The van der Waals surface area contributed by atoms with Crippen molar-refractivity contribution in [2.75, 3.05) is 31.2 Å². The minimum Gasteiger partial charge on any atom is -0.476 e. The normalized spacial score (nSPS) is 21.3. The molecule has 2 aromatic rings. The first-order valence-electron chi connectivity index (χ1n) is 8.29. The van der Waals surface area contributed by atoms with Crippen molar-refractivity contribution in [1.29, 1.82) is 0 Å². The van der Waals surface area contributed by atoms with E-state index in [1.54, 1.807) is 17.1 Å². The molecule has 1 saturated heterocycles. The summed E-state index contributed by atoms with van der Waals surface area (Å²) in [6.45, 7) is 9.04. The van der Waals surface area contributed by atoms with Crippen LogP contribution in [0.25, 0.3) is 0 Å². The molecule has 0 spiro atoms. The summed E-state index contributed by atoms with van der Waals surface area (Å²) in [5, 5.41) is 4.26. The molecule has 0 unspecified atom stereocenters. The number of rotatable bonds is 5. The van der Waals surface area contributed by atoms with Gasteiger partial charge in [0.15, 0.2) is 5.82 Å². The molecule has 1 aliphatic heterocycles. The maximum Gasteiger partial charge on any atom is 0.234 e. The molecule has 130 valence electrons. The van der Waals surface area contributed by atoms with E-state index in [-0.39, 0.29) is 0 Å². The summed E-state index contributed by atoms with van der Waals surface area (Å²) in [6, 6.07) is 0. The first-order valence-corrected chi connectivity index (χ1v) is 8.29. The Morgan fingerprint density at radius 2 is 2.17 bits per heavy atom. The summed E-state index contributed by atoms with van der Waals surface area (Å²) in [6.07, 6.45) is 7.29. The SMILES string of the molecule is CC(C)COc1cncc(N2CCO[C@@](C)(c3cnn(C)c3)C2)n1. The van der Waals surface area contributed by atoms with Gasteiger partial charge in [-0.2, -0.15) is 10.1 Å². The highest BCUT2D eigenvalue weighted by atomic mass is 16.5. The predicted octanol–water partition coefficient (Wildman–Crippen LogP) is 2.00. The van der Waals surface area contributed by atoms with Crippen molar-refractivity contribution >= 4 is 5.82 Å². The second kappa shape index (κ2) is 6.76. The number of hydrogen-bond acceptors (Lipinski definition) is 6. The summed E-state index contributed by atoms with van der Waals surface area (Å²) >= 11 is 0. The van der Waals surface area contributed by atoms with Crippen LogP contribution in [-0.2, 0) is 17.4 Å². The molecule has 24 heavy (non-hydrogen) atoms. The maximum atomic E-state index is 6.05. The van der Waals surface area contributed by atoms with Gasteiger partial charge in [-0.1, -0.05) is 13.8 Å². The lowest BCUT2D eigenvalue weighted by Gasteiger charge is -2.40. The second-order valence-corrected chi connectivity index (χ2v) is 6.82. The third kappa shape index (κ3) is 3.67. The van der Waals surface area contributed by atoms with Crippen LogP contribution in [0.3, 0.4) is 0 Å². The van der Waals surface area contributed by atoms with E-state index >= 15 is 0 Å². The van der Waals surface area contributed by atoms with Crippen LogP contribution < -0.4 is 9.64 Å². The first kappa shape index (κ1) is 16.7. The zero-order valence-electron chi connectivity index (χ0n) is 14.8. The van der Waals surface area contributed by atoms with Crippen molar-refractivity contribution in [3.8, 4) is 5.88 Å². The van der Waals surface area contributed by atoms with Gasteiger partial charge < -0.3 is 14.4 Å². The lowest BCUT2D eigenvalue weighted by molar-refractivity contribution is -0.0468. The number of anilines is 1. The van der Waals surface area contributed by atoms with Crippen molar-refractivity contribution in [3.63, 3.8) is 0 Å². The zero-order chi connectivity index (χ0) is 17.2. The Morgan fingerprint density at radius 1 is 1.33 bits per heavy atom. The highest BCUT2D eigenvalue weighted by Crippen LogP contribution is 2.31. The molecule has 3 rings (SSSR count). The van der Waals surface area contributed by atoms with Crippen molar-refractivity contribution in [3.05, 3.63) is 30.4 Å². The third-order valence-electron chi connectivity index (χ3n) is 4.08. The fraction of sp³-hybridized carbons (Fsp3) is 0.588. The van der Waals surface area contributed by atoms with E-state index < -0.39 is 5.60 Å². The average Bonchev–Trinajstić information content (AvgIpc) is 3.01. The molecule has 0 N–H and O–H groups in total. The fourth-order valence-electron chi connectivity index (χ4n) is 2.75. The summed E-state index contributed by atoms with van der Waals surface area (Å²) in [7, 11) is 1.91. The molecule has 7 heteroatoms. The van der Waals surface area contributed by atoms with Gasteiger partial charge in [-0.3, -0.25) is 9.67 Å². The Balaban J connectivity index is 1.76. The van der Waals surface area contributed by atoms with Crippen LogP contribution in [0, 0.1) is 5.92 Å². The van der Waals surface area contributed by atoms with Crippen molar-refractivity contribution in [2.24, 2.45) is 13.0 Å². The molecular formula is C17H25N5O2. The van der Waals surface area contributed by atoms with Gasteiger partial charge in [-0.05, 0) is 12.8 Å². The molecule has 0 aliphatic carbocycles. The summed E-state index contributed by atoms with van der Waals surface area (Å²) in [5.41, 5.74) is 0.651. The Labute approximate surface area is 142 Å². The molecule has 0 aromatic carbocycles. The average molecular weight is 331 g/mol. The molecule has 0 radical (unpaired) electrons. The van der Waals surface area contributed by atoms with E-state index in [2.05, 4.69) is 40.7 Å². The lowest BCUT2D eigenvalue weighted by Crippen LogP contribution is -2.48. The number of aryl methyl sites for hydroxylation is 1. The van der Waals surface area contributed by atoms with E-state index in [4.69, 9.17) is 9.47 Å². The Hall–Kier alpha value is -2.15. The standard InChI is InChI=1S/C17H25N5O2/c1-13(2)11-23-16-9-18-8-15(20-16)22-5-6-24-17(3,12-22)14-7-19-21(4)10-14/h7-10,13H,5-6,11-12H2,1-4H3/t17-/m1/s1. The fourth-order valence-corrected chi connectivity index (χ4v) is 2.75. The molecule has 1 aliphatic rings. The minimum absolute atomic E-state index is 0.414. The van der Waals surface area contributed by atoms with Crippen LogP contribution in [0.2, 0.25) is 0 Å². The van der Waals surface area contributed by atoms with Gasteiger partial charge in [-0.25, -0.2) is 0 Å².